The SMILES string of the molecule is CC1=CC(C)(C)CC=C1c1ccc(NC(=O)C(Cc2ccc(C=O)cc2)c2ccc(-c3ccc4c(c3)CCO4)cc2)cc1. The van der Waals surface area contributed by atoms with Gasteiger partial charge in [-0.15, -0.1) is 0 Å². The highest BCUT2D eigenvalue weighted by Crippen LogP contribution is 2.37. The molecule has 4 nitrogen and oxygen atoms in total. The third kappa shape index (κ3) is 6.39. The summed E-state index contributed by atoms with van der Waals surface area (Å²) in [6, 6.07) is 30.2. The number of anilines is 1. The number of hydrogen-bond acceptors (Lipinski definition) is 3. The van der Waals surface area contributed by atoms with Gasteiger partial charge in [-0.1, -0.05) is 92.7 Å². The lowest BCUT2D eigenvalue weighted by Gasteiger charge is -2.26. The summed E-state index contributed by atoms with van der Waals surface area (Å²) in [5.41, 5.74) is 10.7. The summed E-state index contributed by atoms with van der Waals surface area (Å²) in [6.45, 7) is 7.41. The zero-order chi connectivity index (χ0) is 30.0. The van der Waals surface area contributed by atoms with Crippen molar-refractivity contribution in [3.05, 3.63) is 137 Å². The molecule has 1 atom stereocenters. The van der Waals surface area contributed by atoms with E-state index in [1.165, 1.54) is 16.7 Å². The van der Waals surface area contributed by atoms with E-state index in [2.05, 4.69) is 86.8 Å². The van der Waals surface area contributed by atoms with Crippen LogP contribution in [0.3, 0.4) is 0 Å². The van der Waals surface area contributed by atoms with Gasteiger partial charge in [0.15, 0.2) is 0 Å². The Morgan fingerprint density at radius 1 is 0.907 bits per heavy atom. The number of nitrogens with one attached hydrogen (secondary N) is 1. The van der Waals surface area contributed by atoms with Crippen LogP contribution in [-0.2, 0) is 17.6 Å². The summed E-state index contributed by atoms with van der Waals surface area (Å²) < 4.78 is 5.67. The molecule has 4 aromatic rings. The molecule has 1 aliphatic carbocycles. The molecule has 0 aromatic heterocycles. The number of aldehydes is 1. The Bertz CT molecular complexity index is 1710. The molecule has 6 rings (SSSR count). The van der Waals surface area contributed by atoms with Gasteiger partial charge >= 0.3 is 0 Å². The summed E-state index contributed by atoms with van der Waals surface area (Å²) >= 11 is 0. The van der Waals surface area contributed by atoms with Crippen molar-refractivity contribution in [1.29, 1.82) is 0 Å². The second-order valence-electron chi connectivity index (χ2n) is 12.4. The van der Waals surface area contributed by atoms with E-state index >= 15 is 0 Å². The first kappa shape index (κ1) is 28.4. The number of amides is 1. The van der Waals surface area contributed by atoms with Crippen LogP contribution >= 0.6 is 0 Å². The summed E-state index contributed by atoms with van der Waals surface area (Å²) in [4.78, 5) is 25.0. The van der Waals surface area contributed by atoms with Gasteiger partial charge in [0.05, 0.1) is 12.5 Å². The Balaban J connectivity index is 1.23. The van der Waals surface area contributed by atoms with Crippen molar-refractivity contribution in [3.63, 3.8) is 0 Å². The van der Waals surface area contributed by atoms with Gasteiger partial charge in [-0.2, -0.15) is 0 Å². The number of rotatable bonds is 8. The monoisotopic (exact) mass is 567 g/mol. The molecule has 2 aliphatic rings. The minimum atomic E-state index is -0.405. The average molecular weight is 568 g/mol. The third-order valence-corrected chi connectivity index (χ3v) is 8.54. The quantitative estimate of drug-likeness (QED) is 0.216. The molecule has 216 valence electrons. The maximum Gasteiger partial charge on any atom is 0.232 e. The molecular weight excluding hydrogens is 530 g/mol. The lowest BCUT2D eigenvalue weighted by molar-refractivity contribution is -0.117. The van der Waals surface area contributed by atoms with Crippen LogP contribution in [0.4, 0.5) is 5.69 Å². The number of benzene rings is 4. The number of carbonyl (C=O) groups excluding carboxylic acids is 2. The zero-order valence-electron chi connectivity index (χ0n) is 25.0. The molecule has 0 spiro atoms. The zero-order valence-corrected chi connectivity index (χ0v) is 25.0. The van der Waals surface area contributed by atoms with Crippen LogP contribution in [0, 0.1) is 5.41 Å². The Hall–Kier alpha value is -4.70. The fraction of sp³-hybridized carbons (Fsp3) is 0.231. The Morgan fingerprint density at radius 2 is 1.60 bits per heavy atom. The summed E-state index contributed by atoms with van der Waals surface area (Å²) in [5.74, 6) is 0.499. The van der Waals surface area contributed by atoms with Gasteiger partial charge in [-0.25, -0.2) is 0 Å². The molecule has 4 aromatic carbocycles. The highest BCUT2D eigenvalue weighted by Gasteiger charge is 2.23. The normalized spacial score (nSPS) is 15.9. The minimum absolute atomic E-state index is 0.0654. The molecule has 1 amide bonds. The molecule has 1 heterocycles. The van der Waals surface area contributed by atoms with E-state index in [0.717, 1.165) is 65.0 Å². The Kier molecular flexibility index (Phi) is 7.86. The smallest absolute Gasteiger partial charge is 0.232 e. The standard InChI is InChI=1S/C39H37NO3/c1-26-24-39(2,3)20-18-35(26)30-12-15-34(16-13-30)40-38(42)36(22-27-4-6-28(25-41)7-5-27)31-10-8-29(9-11-31)32-14-17-37-33(23-32)19-21-43-37/h4-18,23-25,36H,19-22H2,1-3H3,(H,40,42). The molecule has 0 bridgehead atoms. The molecular formula is C39H37NO3. The van der Waals surface area contributed by atoms with E-state index < -0.39 is 5.92 Å². The number of carbonyl (C=O) groups is 2. The highest BCUT2D eigenvalue weighted by atomic mass is 16.5. The van der Waals surface area contributed by atoms with Crippen LogP contribution < -0.4 is 10.1 Å². The van der Waals surface area contributed by atoms with Gasteiger partial charge in [0.2, 0.25) is 5.91 Å². The van der Waals surface area contributed by atoms with Crippen molar-refractivity contribution in [2.45, 2.75) is 46.0 Å². The van der Waals surface area contributed by atoms with E-state index in [1.54, 1.807) is 12.1 Å². The van der Waals surface area contributed by atoms with Crippen molar-refractivity contribution in [1.82, 2.24) is 0 Å². The lowest BCUT2D eigenvalue weighted by Crippen LogP contribution is -2.23. The van der Waals surface area contributed by atoms with Crippen LogP contribution in [0.15, 0.2) is 109 Å². The lowest BCUT2D eigenvalue weighted by atomic mass is 9.79. The Morgan fingerprint density at radius 3 is 2.30 bits per heavy atom. The summed E-state index contributed by atoms with van der Waals surface area (Å²) in [6.07, 6.45) is 7.95. The third-order valence-electron chi connectivity index (χ3n) is 8.54. The average Bonchev–Trinajstić information content (AvgIpc) is 3.49. The maximum atomic E-state index is 13.8. The van der Waals surface area contributed by atoms with Gasteiger partial charge < -0.3 is 10.1 Å². The number of ether oxygens (including phenoxy) is 1. The van der Waals surface area contributed by atoms with E-state index in [0.29, 0.717) is 12.0 Å². The fourth-order valence-electron chi connectivity index (χ4n) is 6.16. The van der Waals surface area contributed by atoms with Crippen molar-refractivity contribution >= 4 is 23.5 Å². The topological polar surface area (TPSA) is 55.4 Å². The van der Waals surface area contributed by atoms with Crippen LogP contribution in [0.5, 0.6) is 5.75 Å². The van der Waals surface area contributed by atoms with Gasteiger partial charge in [0.1, 0.15) is 12.0 Å². The van der Waals surface area contributed by atoms with Crippen molar-refractivity contribution in [2.24, 2.45) is 5.41 Å². The van der Waals surface area contributed by atoms with Crippen LogP contribution in [0.1, 0.15) is 65.7 Å². The minimum Gasteiger partial charge on any atom is -0.493 e. The highest BCUT2D eigenvalue weighted by molar-refractivity contribution is 5.96. The molecule has 1 unspecified atom stereocenters. The molecule has 1 N–H and O–H groups in total. The second kappa shape index (κ2) is 11.9. The van der Waals surface area contributed by atoms with Crippen molar-refractivity contribution < 1.29 is 14.3 Å². The molecule has 1 aliphatic heterocycles. The van der Waals surface area contributed by atoms with Gasteiger partial charge in [0, 0.05) is 17.7 Å². The molecule has 0 saturated heterocycles. The first-order chi connectivity index (χ1) is 20.8. The maximum absolute atomic E-state index is 13.8. The van der Waals surface area contributed by atoms with Crippen molar-refractivity contribution in [2.75, 3.05) is 11.9 Å². The van der Waals surface area contributed by atoms with Crippen LogP contribution in [0.2, 0.25) is 0 Å². The number of hydrogen-bond donors (Lipinski definition) is 1. The Labute approximate surface area is 254 Å². The second-order valence-corrected chi connectivity index (χ2v) is 12.4. The molecule has 43 heavy (non-hydrogen) atoms. The molecule has 4 heteroatoms. The molecule has 0 saturated carbocycles. The van der Waals surface area contributed by atoms with Gasteiger partial charge in [-0.05, 0) is 94.0 Å². The summed E-state index contributed by atoms with van der Waals surface area (Å²) in [5, 5.41) is 3.17. The first-order valence-electron chi connectivity index (χ1n) is 15.0. The van der Waals surface area contributed by atoms with E-state index in [1.807, 2.05) is 30.3 Å². The largest absolute Gasteiger partial charge is 0.493 e. The number of fused-ring (bicyclic) bond motifs is 1. The van der Waals surface area contributed by atoms with Crippen LogP contribution in [-0.4, -0.2) is 18.8 Å². The van der Waals surface area contributed by atoms with E-state index in [4.69, 9.17) is 4.74 Å². The first-order valence-corrected chi connectivity index (χ1v) is 15.0. The van der Waals surface area contributed by atoms with Gasteiger partial charge in [0.25, 0.3) is 0 Å². The predicted octanol–water partition coefficient (Wildman–Crippen LogP) is 8.83. The van der Waals surface area contributed by atoms with Gasteiger partial charge in [-0.3, -0.25) is 9.59 Å². The van der Waals surface area contributed by atoms with Crippen molar-refractivity contribution in [3.8, 4) is 16.9 Å². The van der Waals surface area contributed by atoms with E-state index in [9.17, 15) is 9.59 Å². The summed E-state index contributed by atoms with van der Waals surface area (Å²) in [7, 11) is 0. The fourth-order valence-corrected chi connectivity index (χ4v) is 6.16. The molecule has 0 radical (unpaired) electrons. The number of allylic oxidation sites excluding steroid dienone is 4. The predicted molar refractivity (Wildman–Crippen MR) is 175 cm³/mol. The van der Waals surface area contributed by atoms with Crippen LogP contribution in [0.25, 0.3) is 16.7 Å². The van der Waals surface area contributed by atoms with E-state index in [-0.39, 0.29) is 11.3 Å². The molecule has 0 fully saturated rings.